The summed E-state index contributed by atoms with van der Waals surface area (Å²) in [7, 11) is 58.9. The van der Waals surface area contributed by atoms with Gasteiger partial charge in [-0.2, -0.15) is 0 Å². The van der Waals surface area contributed by atoms with Crippen LogP contribution >= 0.6 is 0 Å². The molecule has 0 saturated heterocycles. The van der Waals surface area contributed by atoms with E-state index in [1.54, 1.807) is 0 Å². The lowest BCUT2D eigenvalue weighted by atomic mass is 9.56. The summed E-state index contributed by atoms with van der Waals surface area (Å²) in [5.74, 6) is 0. The van der Waals surface area contributed by atoms with Crippen molar-refractivity contribution in [2.24, 2.45) is 0 Å². The first-order valence-electron chi connectivity index (χ1n) is 19.1. The third-order valence-electron chi connectivity index (χ3n) is 11.7. The lowest BCUT2D eigenvalue weighted by molar-refractivity contribution is 1.18. The van der Waals surface area contributed by atoms with Crippen molar-refractivity contribution in [3.63, 3.8) is 0 Å². The Hall–Kier alpha value is -6.06. The fourth-order valence-electron chi connectivity index (χ4n) is 8.78. The van der Waals surface area contributed by atoms with Gasteiger partial charge in [0.25, 0.3) is 0 Å². The summed E-state index contributed by atoms with van der Waals surface area (Å²) in [6, 6.07) is 48.8. The zero-order chi connectivity index (χ0) is 40.9. The second-order valence-corrected chi connectivity index (χ2v) is 14.9. The number of hydrogen-bond acceptors (Lipinski definition) is 0. The first kappa shape index (κ1) is 37.2. The molecule has 0 unspecified atom stereocenters. The van der Waals surface area contributed by atoms with Gasteiger partial charge in [-0.1, -0.05) is 130 Å². The van der Waals surface area contributed by atoms with Crippen molar-refractivity contribution in [1.29, 1.82) is 0 Å². The molecule has 2 heterocycles. The molecule has 0 N–H and O–H groups in total. The molecule has 0 aliphatic heterocycles. The van der Waals surface area contributed by atoms with Crippen LogP contribution in [0.4, 0.5) is 0 Å². The van der Waals surface area contributed by atoms with E-state index in [1.165, 1.54) is 5.39 Å². The molecule has 0 amide bonds. The van der Waals surface area contributed by atoms with E-state index in [-0.39, 0.29) is 60.3 Å². The lowest BCUT2D eigenvalue weighted by Gasteiger charge is -2.28. The van der Waals surface area contributed by atoms with E-state index < -0.39 is 0 Å². The van der Waals surface area contributed by atoms with Crippen LogP contribution in [0.15, 0.2) is 140 Å². The number of benzene rings is 8. The Bertz CT molecular complexity index is 3330. The van der Waals surface area contributed by atoms with Crippen molar-refractivity contribution < 1.29 is 0 Å². The van der Waals surface area contributed by atoms with Crippen LogP contribution in [0.5, 0.6) is 0 Å². The molecule has 0 atom stereocenters. The molecule has 2 nitrogen and oxygen atoms in total. The Kier molecular flexibility index (Phi) is 8.87. The van der Waals surface area contributed by atoms with E-state index in [2.05, 4.69) is 120 Å². The first-order valence-corrected chi connectivity index (χ1v) is 19.1. The summed E-state index contributed by atoms with van der Waals surface area (Å²) in [5, 5.41) is 4.31. The highest BCUT2D eigenvalue weighted by Gasteiger charge is 2.23. The van der Waals surface area contributed by atoms with E-state index in [1.807, 2.05) is 28.8 Å². The van der Waals surface area contributed by atoms with Gasteiger partial charge < -0.3 is 9.13 Å². The monoisotopic (exact) mass is 726 g/mol. The topological polar surface area (TPSA) is 9.86 Å². The van der Waals surface area contributed by atoms with Crippen molar-refractivity contribution in [3.8, 4) is 44.8 Å². The van der Waals surface area contributed by atoms with Gasteiger partial charge in [0.15, 0.2) is 0 Å². The van der Waals surface area contributed by atoms with E-state index in [9.17, 15) is 0 Å². The molecule has 0 aliphatic carbocycles. The molecule has 2 aromatic heterocycles. The molecule has 18 radical (unpaired) electrons. The van der Waals surface area contributed by atoms with E-state index in [4.69, 9.17) is 70.6 Å². The first-order chi connectivity index (χ1) is 28.6. The number of rotatable bonds is 5. The maximum Gasteiger partial charge on any atom is 0.115 e. The second-order valence-electron chi connectivity index (χ2n) is 14.9. The SMILES string of the molecule is [B]c1c([B])c([B])c(-c2c([B])c([B])c(-n3c4ccccc4c4cc(-c5ccc6c(c5)c5ccccc5n6-c5ccccc5-c5ccccc5)ccc43)c([B])c2[B])c([B])c1[B]. The largest absolute Gasteiger partial charge is 0.310 e. The van der Waals surface area contributed by atoms with Crippen LogP contribution in [0, 0.1) is 0 Å². The van der Waals surface area contributed by atoms with Crippen molar-refractivity contribution >= 4 is 163 Å². The highest BCUT2D eigenvalue weighted by Crippen LogP contribution is 2.39. The Morgan fingerprint density at radius 3 is 1.25 bits per heavy atom. The van der Waals surface area contributed by atoms with E-state index in [0.29, 0.717) is 5.69 Å². The predicted molar refractivity (Wildman–Crippen MR) is 260 cm³/mol. The molecule has 11 heteroatoms. The minimum atomic E-state index is 0.0585. The van der Waals surface area contributed by atoms with Crippen LogP contribution in [0.3, 0.4) is 0 Å². The van der Waals surface area contributed by atoms with Crippen molar-refractivity contribution in [1.82, 2.24) is 9.13 Å². The summed E-state index contributed by atoms with van der Waals surface area (Å²) in [6.45, 7) is 0. The molecular formula is C48H23B9N2. The third kappa shape index (κ3) is 5.54. The fraction of sp³-hybridized carbons (Fsp3) is 0. The van der Waals surface area contributed by atoms with Gasteiger partial charge in [0.2, 0.25) is 0 Å². The van der Waals surface area contributed by atoms with E-state index in [0.717, 1.165) is 66.2 Å². The Labute approximate surface area is 355 Å². The normalized spacial score (nSPS) is 11.7. The molecule has 252 valence electrons. The quantitative estimate of drug-likeness (QED) is 0.241. The summed E-state index contributed by atoms with van der Waals surface area (Å²) in [6.07, 6.45) is 0. The van der Waals surface area contributed by atoms with Crippen LogP contribution in [0.2, 0.25) is 0 Å². The van der Waals surface area contributed by atoms with Gasteiger partial charge in [0.1, 0.15) is 70.6 Å². The van der Waals surface area contributed by atoms with Crippen LogP contribution in [-0.2, 0) is 0 Å². The smallest absolute Gasteiger partial charge is 0.115 e. The highest BCUT2D eigenvalue weighted by molar-refractivity contribution is 6.70. The molecule has 0 fully saturated rings. The fourth-order valence-corrected chi connectivity index (χ4v) is 8.78. The standard InChI is InChI=1S/C48H23B9N2/c49-39-37(40(50)44(54)45(55)43(39)53)38-41(51)46(56)48(47(57)42(38)52)59-34-17-9-6-14-29(34)31-23-26(19-21-36(31)59)25-18-20-35-30(22-25)28-13-5-8-16-33(28)58(35)32-15-7-4-12-27(32)24-10-2-1-3-11-24/h1-23H. The second kappa shape index (κ2) is 14.1. The van der Waals surface area contributed by atoms with Gasteiger partial charge in [-0.3, -0.25) is 0 Å². The summed E-state index contributed by atoms with van der Waals surface area (Å²) in [4.78, 5) is 0. The Morgan fingerprint density at radius 1 is 0.288 bits per heavy atom. The zero-order valence-electron chi connectivity index (χ0n) is 31.9. The Balaban J connectivity index is 1.15. The van der Waals surface area contributed by atoms with Crippen LogP contribution in [0.1, 0.15) is 0 Å². The van der Waals surface area contributed by atoms with Gasteiger partial charge in [0, 0.05) is 32.8 Å². The Morgan fingerprint density at radius 2 is 0.695 bits per heavy atom. The van der Waals surface area contributed by atoms with Crippen molar-refractivity contribution in [3.05, 3.63) is 140 Å². The van der Waals surface area contributed by atoms with Crippen molar-refractivity contribution in [2.45, 2.75) is 0 Å². The molecule has 0 aliphatic rings. The number of aromatic nitrogens is 2. The van der Waals surface area contributed by atoms with Gasteiger partial charge in [-0.15, -0.1) is 16.4 Å². The number of fused-ring (bicyclic) bond motifs is 6. The molecule has 0 bridgehead atoms. The predicted octanol–water partition coefficient (Wildman–Crippen LogP) is 2.03. The molecule has 10 aromatic rings. The van der Waals surface area contributed by atoms with Crippen LogP contribution < -0.4 is 49.2 Å². The zero-order valence-corrected chi connectivity index (χ0v) is 31.9. The highest BCUT2D eigenvalue weighted by atomic mass is 15.0. The number of nitrogens with zero attached hydrogens (tertiary/aromatic N) is 2. The van der Waals surface area contributed by atoms with Crippen LogP contribution in [0.25, 0.3) is 88.4 Å². The van der Waals surface area contributed by atoms with Gasteiger partial charge >= 0.3 is 0 Å². The molecule has 0 spiro atoms. The molecule has 10 rings (SSSR count). The van der Waals surface area contributed by atoms with Crippen molar-refractivity contribution in [2.75, 3.05) is 0 Å². The molecular weight excluding hydrogens is 702 g/mol. The average molecular weight is 725 g/mol. The summed E-state index contributed by atoms with van der Waals surface area (Å²) in [5.41, 5.74) is 11.4. The van der Waals surface area contributed by atoms with E-state index >= 15 is 0 Å². The van der Waals surface area contributed by atoms with Crippen LogP contribution in [-0.4, -0.2) is 79.8 Å². The molecule has 0 saturated carbocycles. The van der Waals surface area contributed by atoms with Gasteiger partial charge in [0.05, 0.1) is 27.8 Å². The minimum Gasteiger partial charge on any atom is -0.310 e. The lowest BCUT2D eigenvalue weighted by Crippen LogP contribution is -2.57. The average Bonchev–Trinajstić information content (AvgIpc) is 3.78. The number of hydrogen-bond donors (Lipinski definition) is 0. The molecule has 59 heavy (non-hydrogen) atoms. The number of para-hydroxylation sites is 3. The maximum absolute atomic E-state index is 6.92. The summed E-state index contributed by atoms with van der Waals surface area (Å²) < 4.78 is 4.36. The summed E-state index contributed by atoms with van der Waals surface area (Å²) >= 11 is 0. The minimum absolute atomic E-state index is 0.0585. The van der Waals surface area contributed by atoms with Gasteiger partial charge in [-0.25, -0.2) is 0 Å². The van der Waals surface area contributed by atoms with Gasteiger partial charge in [-0.05, 0) is 70.3 Å². The molecule has 8 aromatic carbocycles. The maximum atomic E-state index is 6.92. The third-order valence-corrected chi connectivity index (χ3v) is 11.7.